The lowest BCUT2D eigenvalue weighted by molar-refractivity contribution is 0.0514. The van der Waals surface area contributed by atoms with Gasteiger partial charge in [-0.2, -0.15) is 0 Å². The van der Waals surface area contributed by atoms with Crippen LogP contribution < -0.4 is 0 Å². The van der Waals surface area contributed by atoms with Crippen LogP contribution in [0.15, 0.2) is 10.7 Å². The molecule has 1 aromatic heterocycles. The van der Waals surface area contributed by atoms with Gasteiger partial charge in [-0.05, 0) is 28.9 Å². The lowest BCUT2D eigenvalue weighted by Gasteiger charge is -2.11. The molecule has 3 nitrogen and oxygen atoms in total. The fraction of sp³-hybridized carbons (Fsp3) is 0.400. The number of esters is 1. The first-order valence-electron chi connectivity index (χ1n) is 4.71. The van der Waals surface area contributed by atoms with E-state index in [1.807, 2.05) is 0 Å². The predicted molar refractivity (Wildman–Crippen MR) is 62.4 cm³/mol. The zero-order chi connectivity index (χ0) is 13.0. The summed E-state index contributed by atoms with van der Waals surface area (Å²) in [5.74, 6) is -0.786. The minimum absolute atomic E-state index is 0.0223. The lowest BCUT2D eigenvalue weighted by atomic mass is 10.1. The minimum atomic E-state index is -2.82. The molecule has 17 heavy (non-hydrogen) atoms. The van der Waals surface area contributed by atoms with Gasteiger partial charge in [0.1, 0.15) is 4.60 Å². The summed E-state index contributed by atoms with van der Waals surface area (Å²) in [6, 6.07) is 1.22. The van der Waals surface area contributed by atoms with E-state index in [0.717, 1.165) is 0 Å². The van der Waals surface area contributed by atoms with Crippen molar-refractivity contribution in [2.24, 2.45) is 0 Å². The van der Waals surface area contributed by atoms with Crippen LogP contribution in [0.3, 0.4) is 0 Å². The molecule has 0 spiro atoms. The molecule has 1 aromatic rings. The van der Waals surface area contributed by atoms with Crippen molar-refractivity contribution in [2.75, 3.05) is 6.61 Å². The number of carbonyl (C=O) groups excluding carboxylic acids is 1. The molecule has 0 radical (unpaired) electrons. The van der Waals surface area contributed by atoms with E-state index in [1.165, 1.54) is 6.07 Å². The van der Waals surface area contributed by atoms with Gasteiger partial charge in [-0.15, -0.1) is 11.6 Å². The third-order valence-electron chi connectivity index (χ3n) is 1.92. The summed E-state index contributed by atoms with van der Waals surface area (Å²) in [4.78, 5) is 15.4. The molecule has 0 aliphatic carbocycles. The maximum atomic E-state index is 12.8. The number of aromatic nitrogens is 1. The highest BCUT2D eigenvalue weighted by Gasteiger charge is 2.24. The molecule has 0 fully saturated rings. The normalized spacial score (nSPS) is 10.7. The van der Waals surface area contributed by atoms with Gasteiger partial charge in [-0.1, -0.05) is 0 Å². The van der Waals surface area contributed by atoms with Gasteiger partial charge < -0.3 is 4.74 Å². The number of alkyl halides is 3. The molecule has 0 N–H and O–H groups in total. The van der Waals surface area contributed by atoms with Gasteiger partial charge in [-0.3, -0.25) is 0 Å². The Morgan fingerprint density at radius 1 is 1.65 bits per heavy atom. The molecular weight excluding hydrogens is 319 g/mol. The number of ether oxygens (including phenoxy) is 1. The second kappa shape index (κ2) is 6.26. The van der Waals surface area contributed by atoms with Crippen molar-refractivity contribution in [3.05, 3.63) is 27.5 Å². The first-order chi connectivity index (χ1) is 8.01. The van der Waals surface area contributed by atoms with Crippen LogP contribution in [0.5, 0.6) is 0 Å². The Bertz CT molecular complexity index is 429. The van der Waals surface area contributed by atoms with Gasteiger partial charge in [0.15, 0.2) is 0 Å². The standard InChI is InChI=1S/C10H9BrClF2NO2/c1-2-17-10(16)6-3-5(4-12)15-8(11)7(6)9(13)14/h3,9H,2,4H2,1H3. The first kappa shape index (κ1) is 14.3. The molecule has 1 heterocycles. The zero-order valence-electron chi connectivity index (χ0n) is 8.84. The summed E-state index contributed by atoms with van der Waals surface area (Å²) in [5.41, 5.74) is -0.359. The van der Waals surface area contributed by atoms with Crippen LogP contribution in [0.1, 0.15) is 35.0 Å². The number of nitrogens with zero attached hydrogens (tertiary/aromatic N) is 1. The van der Waals surface area contributed by atoms with E-state index in [9.17, 15) is 13.6 Å². The van der Waals surface area contributed by atoms with Crippen molar-refractivity contribution >= 4 is 33.5 Å². The van der Waals surface area contributed by atoms with Gasteiger partial charge in [0.2, 0.25) is 0 Å². The molecule has 0 aliphatic heterocycles. The van der Waals surface area contributed by atoms with E-state index < -0.39 is 18.0 Å². The second-order valence-electron chi connectivity index (χ2n) is 3.02. The Hall–Kier alpha value is -0.750. The maximum absolute atomic E-state index is 12.8. The maximum Gasteiger partial charge on any atom is 0.338 e. The highest BCUT2D eigenvalue weighted by molar-refractivity contribution is 9.10. The van der Waals surface area contributed by atoms with Crippen molar-refractivity contribution < 1.29 is 18.3 Å². The van der Waals surface area contributed by atoms with E-state index in [1.54, 1.807) is 6.92 Å². The number of rotatable bonds is 4. The highest BCUT2D eigenvalue weighted by atomic mass is 79.9. The molecule has 94 valence electrons. The fourth-order valence-electron chi connectivity index (χ4n) is 1.23. The molecule has 0 aromatic carbocycles. The van der Waals surface area contributed by atoms with Gasteiger partial charge in [0.05, 0.1) is 29.3 Å². The highest BCUT2D eigenvalue weighted by Crippen LogP contribution is 2.30. The Morgan fingerprint density at radius 2 is 2.29 bits per heavy atom. The van der Waals surface area contributed by atoms with E-state index in [0.29, 0.717) is 5.69 Å². The number of carbonyl (C=O) groups is 1. The van der Waals surface area contributed by atoms with E-state index >= 15 is 0 Å². The summed E-state index contributed by atoms with van der Waals surface area (Å²) in [6.45, 7) is 1.70. The second-order valence-corrected chi connectivity index (χ2v) is 4.04. The van der Waals surface area contributed by atoms with Gasteiger partial charge in [0.25, 0.3) is 6.43 Å². The van der Waals surface area contributed by atoms with Crippen LogP contribution in [-0.2, 0) is 10.6 Å². The predicted octanol–water partition coefficient (Wildman–Crippen LogP) is 3.70. The van der Waals surface area contributed by atoms with Crippen LogP contribution >= 0.6 is 27.5 Å². The Labute approximate surface area is 110 Å². The summed E-state index contributed by atoms with van der Waals surface area (Å²) >= 11 is 8.46. The number of pyridine rings is 1. The van der Waals surface area contributed by atoms with Crippen molar-refractivity contribution in [3.63, 3.8) is 0 Å². The third-order valence-corrected chi connectivity index (χ3v) is 2.79. The molecule has 0 amide bonds. The van der Waals surface area contributed by atoms with E-state index in [4.69, 9.17) is 16.3 Å². The Kier molecular flexibility index (Phi) is 5.27. The molecule has 7 heteroatoms. The Morgan fingerprint density at radius 3 is 2.76 bits per heavy atom. The number of hydrogen-bond donors (Lipinski definition) is 0. The molecular formula is C10H9BrClF2NO2. The van der Waals surface area contributed by atoms with Crippen molar-refractivity contribution in [3.8, 4) is 0 Å². The summed E-state index contributed by atoms with van der Waals surface area (Å²) in [5, 5.41) is 0. The summed E-state index contributed by atoms with van der Waals surface area (Å²) in [6.07, 6.45) is -2.82. The van der Waals surface area contributed by atoms with Crippen LogP contribution in [0.2, 0.25) is 0 Å². The van der Waals surface area contributed by atoms with Crippen LogP contribution in [0.25, 0.3) is 0 Å². The summed E-state index contributed by atoms with van der Waals surface area (Å²) < 4.78 is 30.2. The fourth-order valence-corrected chi connectivity index (χ4v) is 1.98. The van der Waals surface area contributed by atoms with Gasteiger partial charge in [0, 0.05) is 0 Å². The topological polar surface area (TPSA) is 39.2 Å². The third kappa shape index (κ3) is 3.35. The van der Waals surface area contributed by atoms with Crippen LogP contribution in [0.4, 0.5) is 8.78 Å². The monoisotopic (exact) mass is 327 g/mol. The van der Waals surface area contributed by atoms with Crippen LogP contribution in [-0.4, -0.2) is 17.6 Å². The van der Waals surface area contributed by atoms with Crippen molar-refractivity contribution in [1.82, 2.24) is 4.98 Å². The Balaban J connectivity index is 3.32. The zero-order valence-corrected chi connectivity index (χ0v) is 11.2. The molecule has 0 saturated heterocycles. The number of hydrogen-bond acceptors (Lipinski definition) is 3. The smallest absolute Gasteiger partial charge is 0.338 e. The average Bonchev–Trinajstić information content (AvgIpc) is 2.27. The number of halogens is 4. The lowest BCUT2D eigenvalue weighted by Crippen LogP contribution is -2.11. The SMILES string of the molecule is CCOC(=O)c1cc(CCl)nc(Br)c1C(F)F. The minimum Gasteiger partial charge on any atom is -0.462 e. The quantitative estimate of drug-likeness (QED) is 0.481. The first-order valence-corrected chi connectivity index (χ1v) is 6.04. The van der Waals surface area contributed by atoms with Gasteiger partial charge in [-0.25, -0.2) is 18.6 Å². The molecule has 0 unspecified atom stereocenters. The summed E-state index contributed by atoms with van der Waals surface area (Å²) in [7, 11) is 0. The average molecular weight is 329 g/mol. The molecule has 1 rings (SSSR count). The van der Waals surface area contributed by atoms with Crippen LogP contribution in [0, 0.1) is 0 Å². The largest absolute Gasteiger partial charge is 0.462 e. The van der Waals surface area contributed by atoms with E-state index in [2.05, 4.69) is 20.9 Å². The van der Waals surface area contributed by atoms with Crippen molar-refractivity contribution in [1.29, 1.82) is 0 Å². The van der Waals surface area contributed by atoms with Crippen molar-refractivity contribution in [2.45, 2.75) is 19.2 Å². The van der Waals surface area contributed by atoms with Gasteiger partial charge >= 0.3 is 5.97 Å². The molecule has 0 atom stereocenters. The molecule has 0 bridgehead atoms. The molecule has 0 saturated carbocycles. The van der Waals surface area contributed by atoms with E-state index in [-0.39, 0.29) is 22.7 Å². The molecule has 0 aliphatic rings.